The Balaban J connectivity index is 1.92. The Kier molecular flexibility index (Phi) is 4.09. The van der Waals surface area contributed by atoms with Crippen molar-refractivity contribution < 1.29 is 9.73 Å². The van der Waals surface area contributed by atoms with Crippen molar-refractivity contribution in [3.8, 4) is 0 Å². The highest BCUT2D eigenvalue weighted by Crippen LogP contribution is 2.05. The molecule has 0 bridgehead atoms. The maximum absolute atomic E-state index is 8.63. The lowest BCUT2D eigenvalue weighted by molar-refractivity contribution is 0.318. The number of amidine groups is 1. The van der Waals surface area contributed by atoms with E-state index in [1.807, 2.05) is 18.2 Å². The molecular formula is C12H15N5O2. The second-order valence-electron chi connectivity index (χ2n) is 4.02. The van der Waals surface area contributed by atoms with Gasteiger partial charge >= 0.3 is 0 Å². The molecule has 2 aromatic rings. The van der Waals surface area contributed by atoms with Gasteiger partial charge in [-0.25, -0.2) is 0 Å². The molecule has 0 saturated carbocycles. The van der Waals surface area contributed by atoms with Gasteiger partial charge in [-0.15, -0.1) is 0 Å². The molecule has 0 aliphatic heterocycles. The summed E-state index contributed by atoms with van der Waals surface area (Å²) in [5.74, 6) is 1.26. The number of hydrogen-bond donors (Lipinski definition) is 3. The summed E-state index contributed by atoms with van der Waals surface area (Å²) in [5.41, 5.74) is 7.23. The summed E-state index contributed by atoms with van der Waals surface area (Å²) in [6.45, 7) is 2.89. The first-order valence-electron chi connectivity index (χ1n) is 5.76. The van der Waals surface area contributed by atoms with E-state index >= 15 is 0 Å². The summed E-state index contributed by atoms with van der Waals surface area (Å²) in [5, 5.41) is 18.6. The van der Waals surface area contributed by atoms with Crippen LogP contribution in [0.15, 0.2) is 33.9 Å². The zero-order valence-corrected chi connectivity index (χ0v) is 10.5. The molecule has 0 saturated heterocycles. The Morgan fingerprint density at radius 1 is 1.47 bits per heavy atom. The minimum atomic E-state index is 0.0932. The van der Waals surface area contributed by atoms with E-state index < -0.39 is 0 Å². The van der Waals surface area contributed by atoms with Gasteiger partial charge in [0.1, 0.15) is 0 Å². The molecule has 0 amide bonds. The maximum Gasteiger partial charge on any atom is 0.223 e. The molecule has 100 valence electrons. The Morgan fingerprint density at radius 3 is 3.00 bits per heavy atom. The maximum atomic E-state index is 8.63. The molecule has 4 N–H and O–H groups in total. The lowest BCUT2D eigenvalue weighted by Crippen LogP contribution is -2.16. The van der Waals surface area contributed by atoms with Gasteiger partial charge in [-0.3, -0.25) is 0 Å². The quantitative estimate of drug-likeness (QED) is 0.317. The van der Waals surface area contributed by atoms with Gasteiger partial charge in [0.2, 0.25) is 5.89 Å². The fourth-order valence-corrected chi connectivity index (χ4v) is 1.63. The summed E-state index contributed by atoms with van der Waals surface area (Å²) in [4.78, 5) is 4.09. The molecule has 0 unspecified atom stereocenters. The lowest BCUT2D eigenvalue weighted by atomic mass is 10.1. The van der Waals surface area contributed by atoms with E-state index in [0.29, 0.717) is 30.4 Å². The average Bonchev–Trinajstić information content (AvgIpc) is 2.84. The zero-order chi connectivity index (χ0) is 13.7. The van der Waals surface area contributed by atoms with Gasteiger partial charge in [-0.2, -0.15) is 4.98 Å². The number of nitrogens with two attached hydrogens (primary N) is 1. The number of oxime groups is 1. The number of aryl methyl sites for hydroxylation is 1. The van der Waals surface area contributed by atoms with E-state index in [0.717, 1.165) is 5.56 Å². The molecule has 0 aliphatic rings. The molecule has 1 heterocycles. The van der Waals surface area contributed by atoms with Crippen molar-refractivity contribution in [3.05, 3.63) is 47.1 Å². The third kappa shape index (κ3) is 3.52. The molecule has 0 spiro atoms. The SMILES string of the molecule is Cc1nc(CNCc2cccc(/C(N)=N/O)c2)no1. The normalized spacial score (nSPS) is 11.7. The van der Waals surface area contributed by atoms with Crippen LogP contribution in [0.2, 0.25) is 0 Å². The number of aromatic nitrogens is 2. The van der Waals surface area contributed by atoms with Crippen molar-refractivity contribution in [2.45, 2.75) is 20.0 Å². The van der Waals surface area contributed by atoms with Crippen LogP contribution in [0.5, 0.6) is 0 Å². The van der Waals surface area contributed by atoms with Crippen molar-refractivity contribution >= 4 is 5.84 Å². The molecule has 1 aromatic carbocycles. The number of nitrogens with zero attached hydrogens (tertiary/aromatic N) is 3. The van der Waals surface area contributed by atoms with E-state index in [4.69, 9.17) is 15.5 Å². The van der Waals surface area contributed by atoms with Gasteiger partial charge in [0.05, 0.1) is 6.54 Å². The third-order valence-corrected chi connectivity index (χ3v) is 2.51. The summed E-state index contributed by atoms with van der Waals surface area (Å²) in [6, 6.07) is 7.43. The molecule has 19 heavy (non-hydrogen) atoms. The smallest absolute Gasteiger partial charge is 0.223 e. The van der Waals surface area contributed by atoms with Crippen LogP contribution in [0.3, 0.4) is 0 Å². The van der Waals surface area contributed by atoms with Crippen molar-refractivity contribution in [3.63, 3.8) is 0 Å². The monoisotopic (exact) mass is 261 g/mol. The van der Waals surface area contributed by atoms with Gasteiger partial charge in [0, 0.05) is 19.0 Å². The van der Waals surface area contributed by atoms with Crippen LogP contribution in [0.25, 0.3) is 0 Å². The van der Waals surface area contributed by atoms with Gasteiger partial charge in [-0.05, 0) is 11.6 Å². The molecule has 0 atom stereocenters. The molecule has 7 nitrogen and oxygen atoms in total. The molecule has 0 aliphatic carbocycles. The van der Waals surface area contributed by atoms with Crippen LogP contribution >= 0.6 is 0 Å². The fourth-order valence-electron chi connectivity index (χ4n) is 1.63. The Morgan fingerprint density at radius 2 is 2.32 bits per heavy atom. The van der Waals surface area contributed by atoms with Crippen LogP contribution in [-0.2, 0) is 13.1 Å². The lowest BCUT2D eigenvalue weighted by Gasteiger charge is -2.04. The summed E-state index contributed by atoms with van der Waals surface area (Å²) in [7, 11) is 0. The number of benzene rings is 1. The van der Waals surface area contributed by atoms with Crippen LogP contribution in [0.4, 0.5) is 0 Å². The minimum absolute atomic E-state index is 0.0932. The fraction of sp³-hybridized carbons (Fsp3) is 0.250. The summed E-state index contributed by atoms with van der Waals surface area (Å²) in [6.07, 6.45) is 0. The second kappa shape index (κ2) is 5.96. The summed E-state index contributed by atoms with van der Waals surface area (Å²) < 4.78 is 4.87. The number of rotatable bonds is 5. The van der Waals surface area contributed by atoms with Crippen molar-refractivity contribution in [1.82, 2.24) is 15.5 Å². The predicted molar refractivity (Wildman–Crippen MR) is 68.5 cm³/mol. The Labute approximate surface area is 110 Å². The van der Waals surface area contributed by atoms with Gasteiger partial charge in [-0.1, -0.05) is 28.5 Å². The first-order chi connectivity index (χ1) is 9.19. The number of hydrogen-bond acceptors (Lipinski definition) is 6. The average molecular weight is 261 g/mol. The van der Waals surface area contributed by atoms with Crippen molar-refractivity contribution in [2.24, 2.45) is 10.9 Å². The standard InChI is InChI=1S/C12H15N5O2/c1-8-15-11(17-19-8)7-14-6-9-3-2-4-10(5-9)12(13)16-18/h2-5,14,18H,6-7H2,1H3,(H2,13,16). The van der Waals surface area contributed by atoms with E-state index in [-0.39, 0.29) is 5.84 Å². The second-order valence-corrected chi connectivity index (χ2v) is 4.02. The van der Waals surface area contributed by atoms with Gasteiger partial charge < -0.3 is 20.8 Å². The highest BCUT2D eigenvalue weighted by molar-refractivity contribution is 5.97. The number of nitrogens with one attached hydrogen (secondary N) is 1. The highest BCUT2D eigenvalue weighted by atomic mass is 16.5. The van der Waals surface area contributed by atoms with Gasteiger partial charge in [0.15, 0.2) is 11.7 Å². The van der Waals surface area contributed by atoms with Crippen molar-refractivity contribution in [2.75, 3.05) is 0 Å². The molecule has 1 aromatic heterocycles. The zero-order valence-electron chi connectivity index (χ0n) is 10.5. The van der Waals surface area contributed by atoms with Gasteiger partial charge in [0.25, 0.3) is 0 Å². The van der Waals surface area contributed by atoms with Crippen molar-refractivity contribution in [1.29, 1.82) is 0 Å². The molecule has 7 heteroatoms. The van der Waals surface area contributed by atoms with Crippen LogP contribution in [0.1, 0.15) is 22.8 Å². The largest absolute Gasteiger partial charge is 0.409 e. The van der Waals surface area contributed by atoms with Crippen LogP contribution < -0.4 is 11.1 Å². The highest BCUT2D eigenvalue weighted by Gasteiger charge is 2.03. The first-order valence-corrected chi connectivity index (χ1v) is 5.76. The molecule has 0 fully saturated rings. The predicted octanol–water partition coefficient (Wildman–Crippen LogP) is 0.762. The topological polar surface area (TPSA) is 110 Å². The summed E-state index contributed by atoms with van der Waals surface area (Å²) >= 11 is 0. The Bertz CT molecular complexity index is 579. The molecule has 2 rings (SSSR count). The van der Waals surface area contributed by atoms with E-state index in [1.165, 1.54) is 0 Å². The van der Waals surface area contributed by atoms with E-state index in [2.05, 4.69) is 20.6 Å². The van der Waals surface area contributed by atoms with Crippen LogP contribution in [0, 0.1) is 6.92 Å². The first kappa shape index (κ1) is 13.0. The van der Waals surface area contributed by atoms with E-state index in [9.17, 15) is 0 Å². The van der Waals surface area contributed by atoms with E-state index in [1.54, 1.807) is 13.0 Å². The Hall–Kier alpha value is -2.41. The molecule has 0 radical (unpaired) electrons. The third-order valence-electron chi connectivity index (χ3n) is 2.51. The molecular weight excluding hydrogens is 246 g/mol. The van der Waals surface area contributed by atoms with Crippen LogP contribution in [-0.4, -0.2) is 21.2 Å². The minimum Gasteiger partial charge on any atom is -0.409 e.